The Labute approximate surface area is 214 Å². The summed E-state index contributed by atoms with van der Waals surface area (Å²) in [6, 6.07) is 10.9. The summed E-state index contributed by atoms with van der Waals surface area (Å²) < 4.78 is 54.5. The number of nitrogens with one attached hydrogen (secondary N) is 3. The first-order chi connectivity index (χ1) is 18.1. The van der Waals surface area contributed by atoms with Crippen LogP contribution in [0.1, 0.15) is 30.4 Å². The first kappa shape index (κ1) is 26.5. The Morgan fingerprint density at radius 1 is 0.947 bits per heavy atom. The van der Waals surface area contributed by atoms with Gasteiger partial charge in [0, 0.05) is 24.3 Å². The molecule has 3 amide bonds. The highest BCUT2D eigenvalue weighted by atomic mass is 19.4. The Bertz CT molecular complexity index is 1460. The molecular formula is C26H23F4N5O3. The molecule has 1 fully saturated rings. The Morgan fingerprint density at radius 3 is 2.37 bits per heavy atom. The monoisotopic (exact) mass is 529 g/mol. The van der Waals surface area contributed by atoms with E-state index < -0.39 is 35.4 Å². The third kappa shape index (κ3) is 6.99. The van der Waals surface area contributed by atoms with Gasteiger partial charge in [0.25, 0.3) is 0 Å². The molecule has 12 heteroatoms. The number of anilines is 3. The van der Waals surface area contributed by atoms with Crippen molar-refractivity contribution in [2.45, 2.75) is 32.0 Å². The van der Waals surface area contributed by atoms with Crippen LogP contribution in [0.3, 0.4) is 0 Å². The zero-order valence-electron chi connectivity index (χ0n) is 19.8. The van der Waals surface area contributed by atoms with Gasteiger partial charge in [-0.05, 0) is 54.1 Å². The van der Waals surface area contributed by atoms with E-state index in [0.717, 1.165) is 11.1 Å². The van der Waals surface area contributed by atoms with Gasteiger partial charge in [-0.25, -0.2) is 19.0 Å². The molecule has 4 aromatic rings. The van der Waals surface area contributed by atoms with Crippen LogP contribution in [0.2, 0.25) is 0 Å². The van der Waals surface area contributed by atoms with Gasteiger partial charge >= 0.3 is 18.3 Å². The minimum atomic E-state index is -4.69. The predicted molar refractivity (Wildman–Crippen MR) is 135 cm³/mol. The first-order valence-electron chi connectivity index (χ1n) is 11.6. The zero-order chi connectivity index (χ0) is 27.3. The third-order valence-corrected chi connectivity index (χ3v) is 5.37. The maximum Gasteiger partial charge on any atom is 0.416 e. The van der Waals surface area contributed by atoms with Crippen molar-refractivity contribution in [2.24, 2.45) is 0 Å². The van der Waals surface area contributed by atoms with Crippen LogP contribution in [0.5, 0.6) is 0 Å². The lowest BCUT2D eigenvalue weighted by molar-refractivity contribution is -0.137. The Hall–Kier alpha value is -4.61. The molecule has 0 radical (unpaired) electrons. The molecule has 2 heterocycles. The number of rotatable bonds is 5. The Balaban J connectivity index is 0.00000105. The van der Waals surface area contributed by atoms with Crippen LogP contribution in [0.15, 0.2) is 67.0 Å². The summed E-state index contributed by atoms with van der Waals surface area (Å²) in [5.41, 5.74) is 0.140. The molecule has 1 aliphatic carbocycles. The lowest BCUT2D eigenvalue weighted by Crippen LogP contribution is -2.20. The van der Waals surface area contributed by atoms with Crippen molar-refractivity contribution in [3.63, 3.8) is 0 Å². The van der Waals surface area contributed by atoms with Crippen LogP contribution in [0.25, 0.3) is 10.9 Å². The SMILES string of the molecule is C1CC1.O=C(O)Nc1cc(Cn2ccc3c(NC(=O)Nc4cc(C(F)(F)F)ccc4F)cccc32)ccn1. The number of aromatic nitrogens is 2. The zero-order valence-corrected chi connectivity index (χ0v) is 19.8. The van der Waals surface area contributed by atoms with Gasteiger partial charge in [0.15, 0.2) is 0 Å². The number of carbonyl (C=O) groups is 2. The summed E-state index contributed by atoms with van der Waals surface area (Å²) >= 11 is 0. The lowest BCUT2D eigenvalue weighted by atomic mass is 10.2. The number of fused-ring (bicyclic) bond motifs is 1. The van der Waals surface area contributed by atoms with Crippen LogP contribution in [0, 0.1) is 5.82 Å². The molecule has 38 heavy (non-hydrogen) atoms. The Kier molecular flexibility index (Phi) is 7.79. The van der Waals surface area contributed by atoms with Crippen molar-refractivity contribution in [3.05, 3.63) is 83.9 Å². The molecule has 0 aliphatic heterocycles. The quantitative estimate of drug-likeness (QED) is 0.206. The highest BCUT2D eigenvalue weighted by Gasteiger charge is 2.31. The van der Waals surface area contributed by atoms with Gasteiger partial charge in [-0.15, -0.1) is 0 Å². The smallest absolute Gasteiger partial charge is 0.416 e. The molecule has 0 bridgehead atoms. The van der Waals surface area contributed by atoms with E-state index >= 15 is 0 Å². The maximum absolute atomic E-state index is 14.0. The van der Waals surface area contributed by atoms with E-state index in [9.17, 15) is 27.2 Å². The largest absolute Gasteiger partial charge is 0.465 e. The van der Waals surface area contributed by atoms with E-state index in [0.29, 0.717) is 35.8 Å². The summed E-state index contributed by atoms with van der Waals surface area (Å²) in [6.45, 7) is 0.366. The summed E-state index contributed by atoms with van der Waals surface area (Å²) in [5.74, 6) is -0.834. The fourth-order valence-electron chi connectivity index (χ4n) is 3.49. The van der Waals surface area contributed by atoms with Gasteiger partial charge in [0.05, 0.1) is 22.5 Å². The van der Waals surface area contributed by atoms with Crippen molar-refractivity contribution in [3.8, 4) is 0 Å². The predicted octanol–water partition coefficient (Wildman–Crippen LogP) is 7.15. The minimum Gasteiger partial charge on any atom is -0.465 e. The molecule has 8 nitrogen and oxygen atoms in total. The van der Waals surface area contributed by atoms with Gasteiger partial charge < -0.3 is 20.3 Å². The number of hydrogen-bond acceptors (Lipinski definition) is 3. The summed E-state index contributed by atoms with van der Waals surface area (Å²) in [4.78, 5) is 27.2. The van der Waals surface area contributed by atoms with Crippen molar-refractivity contribution >= 4 is 40.2 Å². The van der Waals surface area contributed by atoms with E-state index in [2.05, 4.69) is 20.9 Å². The molecule has 2 aromatic carbocycles. The summed E-state index contributed by atoms with van der Waals surface area (Å²) in [7, 11) is 0. The fraction of sp³-hybridized carbons (Fsp3) is 0.192. The fourth-order valence-corrected chi connectivity index (χ4v) is 3.49. The lowest BCUT2D eigenvalue weighted by Gasteiger charge is -2.12. The van der Waals surface area contributed by atoms with Gasteiger partial charge in [-0.1, -0.05) is 25.3 Å². The van der Waals surface area contributed by atoms with E-state index in [1.54, 1.807) is 42.6 Å². The number of amides is 3. The molecule has 1 saturated carbocycles. The van der Waals surface area contributed by atoms with Gasteiger partial charge in [-0.2, -0.15) is 13.2 Å². The van der Waals surface area contributed by atoms with Gasteiger partial charge in [0.1, 0.15) is 11.6 Å². The average Bonchev–Trinajstić information content (AvgIpc) is 3.68. The molecule has 5 rings (SSSR count). The molecule has 0 spiro atoms. The number of urea groups is 1. The van der Waals surface area contributed by atoms with E-state index in [1.165, 1.54) is 25.5 Å². The molecule has 0 atom stereocenters. The molecular weight excluding hydrogens is 506 g/mol. The number of alkyl halides is 3. The Morgan fingerprint density at radius 2 is 1.68 bits per heavy atom. The van der Waals surface area contributed by atoms with Crippen molar-refractivity contribution in [1.29, 1.82) is 0 Å². The van der Waals surface area contributed by atoms with Crippen molar-refractivity contribution < 1.29 is 32.3 Å². The van der Waals surface area contributed by atoms with E-state index in [4.69, 9.17) is 5.11 Å². The highest BCUT2D eigenvalue weighted by Crippen LogP contribution is 2.32. The standard InChI is InChI=1S/C23H17F4N5O3.C3H6/c24-16-5-4-14(23(25,26)27)11-18(16)30-21(33)29-17-2-1-3-19-15(17)7-9-32(19)12-13-6-8-28-20(10-13)31-22(34)35;1-2-3-1/h1-11H,12H2,(H,28,31)(H,34,35)(H2,29,30,33);1-3H2. The molecule has 0 saturated heterocycles. The number of pyridine rings is 1. The number of benzene rings is 2. The van der Waals surface area contributed by atoms with Crippen LogP contribution >= 0.6 is 0 Å². The molecule has 4 N–H and O–H groups in total. The number of carboxylic acid groups (broad SMARTS) is 1. The number of nitrogens with zero attached hydrogens (tertiary/aromatic N) is 2. The highest BCUT2D eigenvalue weighted by molar-refractivity contribution is 6.05. The molecule has 2 aromatic heterocycles. The number of hydrogen-bond donors (Lipinski definition) is 4. The molecule has 0 unspecified atom stereocenters. The average molecular weight is 529 g/mol. The van der Waals surface area contributed by atoms with Crippen LogP contribution in [0.4, 0.5) is 44.3 Å². The van der Waals surface area contributed by atoms with E-state index in [1.807, 2.05) is 4.57 Å². The third-order valence-electron chi connectivity index (χ3n) is 5.37. The molecule has 198 valence electrons. The van der Waals surface area contributed by atoms with Gasteiger partial charge in [-0.3, -0.25) is 5.32 Å². The second kappa shape index (κ2) is 11.2. The van der Waals surface area contributed by atoms with Crippen molar-refractivity contribution in [2.75, 3.05) is 16.0 Å². The van der Waals surface area contributed by atoms with Crippen LogP contribution in [-0.2, 0) is 12.7 Å². The first-order valence-corrected chi connectivity index (χ1v) is 11.6. The topological polar surface area (TPSA) is 108 Å². The van der Waals surface area contributed by atoms with E-state index in [-0.39, 0.29) is 5.82 Å². The second-order valence-corrected chi connectivity index (χ2v) is 8.49. The molecule has 1 aliphatic rings. The van der Waals surface area contributed by atoms with Gasteiger partial charge in [0.2, 0.25) is 0 Å². The normalized spacial score (nSPS) is 12.3. The van der Waals surface area contributed by atoms with Crippen LogP contribution < -0.4 is 16.0 Å². The second-order valence-electron chi connectivity index (χ2n) is 8.49. The minimum absolute atomic E-state index is 0.173. The van der Waals surface area contributed by atoms with Crippen LogP contribution in [-0.4, -0.2) is 26.8 Å². The number of halogens is 4. The summed E-state index contributed by atoms with van der Waals surface area (Å²) in [5, 5.41) is 16.3. The number of carbonyl (C=O) groups excluding carboxylic acids is 1. The maximum atomic E-state index is 14.0. The van der Waals surface area contributed by atoms with Crippen molar-refractivity contribution in [1.82, 2.24) is 9.55 Å². The summed E-state index contributed by atoms with van der Waals surface area (Å²) in [6.07, 6.45) is 1.80.